The van der Waals surface area contributed by atoms with E-state index in [1.54, 1.807) is 0 Å². The van der Waals surface area contributed by atoms with Gasteiger partial charge in [0.05, 0.1) is 6.17 Å². The molecule has 5 nitrogen and oxygen atoms in total. The number of likely N-dealkylation sites (tertiary alicyclic amines) is 1. The van der Waals surface area contributed by atoms with Crippen LogP contribution in [-0.4, -0.2) is 41.3 Å². The fourth-order valence-electron chi connectivity index (χ4n) is 1.76. The molecule has 1 aliphatic heterocycles. The largest absolute Gasteiger partial charge is 0.480 e. The van der Waals surface area contributed by atoms with Crippen molar-refractivity contribution in [3.8, 4) is 0 Å². The highest BCUT2D eigenvalue weighted by atomic mass is 16.4. The molecule has 0 amide bonds. The minimum atomic E-state index is -0.975. The summed E-state index contributed by atoms with van der Waals surface area (Å²) < 4.78 is 0. The number of carboxylic acid groups (broad SMARTS) is 1. The van der Waals surface area contributed by atoms with E-state index in [1.165, 1.54) is 6.42 Å². The topological polar surface area (TPSA) is 92.6 Å². The number of carboxylic acids is 1. The van der Waals surface area contributed by atoms with Crippen LogP contribution in [0.3, 0.4) is 0 Å². The molecule has 1 fully saturated rings. The highest BCUT2D eigenvalue weighted by molar-refractivity contribution is 5.73. The van der Waals surface area contributed by atoms with E-state index in [0.717, 1.165) is 25.9 Å². The van der Waals surface area contributed by atoms with Crippen LogP contribution in [0.5, 0.6) is 0 Å². The zero-order valence-corrected chi connectivity index (χ0v) is 8.35. The third kappa shape index (κ3) is 3.25. The first-order valence-corrected chi connectivity index (χ1v) is 5.09. The summed E-state index contributed by atoms with van der Waals surface area (Å²) in [7, 11) is 0. The SMILES string of the molecule is NC(C[C@@H](N)N1CCCCC1)C(=O)O. The van der Waals surface area contributed by atoms with Gasteiger partial charge < -0.3 is 16.6 Å². The van der Waals surface area contributed by atoms with Gasteiger partial charge in [-0.2, -0.15) is 0 Å². The van der Waals surface area contributed by atoms with E-state index in [1.807, 2.05) is 0 Å². The Kier molecular flexibility index (Phi) is 4.31. The molecule has 0 bridgehead atoms. The minimum absolute atomic E-state index is 0.207. The summed E-state index contributed by atoms with van der Waals surface area (Å²) in [6.45, 7) is 1.93. The third-order valence-corrected chi connectivity index (χ3v) is 2.67. The second-order valence-corrected chi connectivity index (χ2v) is 3.84. The lowest BCUT2D eigenvalue weighted by atomic mass is 10.1. The standard InChI is InChI=1S/C9H19N3O2/c10-7(9(13)14)6-8(11)12-4-2-1-3-5-12/h7-8H,1-6,10-11H2,(H,13,14)/t7?,8-/m0/s1. The molecule has 0 saturated carbocycles. The molecule has 0 aliphatic carbocycles. The monoisotopic (exact) mass is 201 g/mol. The fraction of sp³-hybridized carbons (Fsp3) is 0.889. The predicted molar refractivity (Wildman–Crippen MR) is 53.6 cm³/mol. The molecule has 0 aromatic heterocycles. The zero-order valence-electron chi connectivity index (χ0n) is 8.35. The highest BCUT2D eigenvalue weighted by Gasteiger charge is 2.22. The molecule has 82 valence electrons. The molecular weight excluding hydrogens is 182 g/mol. The number of nitrogens with zero attached hydrogens (tertiary/aromatic N) is 1. The smallest absolute Gasteiger partial charge is 0.320 e. The van der Waals surface area contributed by atoms with Crippen molar-refractivity contribution < 1.29 is 9.90 Å². The quantitative estimate of drug-likeness (QED) is 0.573. The van der Waals surface area contributed by atoms with E-state index in [-0.39, 0.29) is 6.17 Å². The average Bonchev–Trinajstić information content (AvgIpc) is 2.19. The molecule has 1 unspecified atom stereocenters. The van der Waals surface area contributed by atoms with Crippen LogP contribution in [0, 0.1) is 0 Å². The maximum absolute atomic E-state index is 10.5. The van der Waals surface area contributed by atoms with Crippen molar-refractivity contribution in [2.24, 2.45) is 11.5 Å². The summed E-state index contributed by atoms with van der Waals surface area (Å²) in [5.74, 6) is -0.975. The summed E-state index contributed by atoms with van der Waals surface area (Å²) in [6, 6.07) is -0.841. The molecule has 5 heteroatoms. The molecular formula is C9H19N3O2. The Morgan fingerprint density at radius 2 is 1.86 bits per heavy atom. The van der Waals surface area contributed by atoms with Crippen molar-refractivity contribution in [2.45, 2.75) is 37.9 Å². The summed E-state index contributed by atoms with van der Waals surface area (Å²) >= 11 is 0. The van der Waals surface area contributed by atoms with Gasteiger partial charge in [-0.25, -0.2) is 0 Å². The van der Waals surface area contributed by atoms with Gasteiger partial charge in [-0.1, -0.05) is 6.42 Å². The molecule has 0 radical (unpaired) electrons. The van der Waals surface area contributed by atoms with E-state index >= 15 is 0 Å². The molecule has 0 aromatic carbocycles. The number of carbonyl (C=O) groups is 1. The van der Waals surface area contributed by atoms with Gasteiger partial charge in [0.1, 0.15) is 6.04 Å². The zero-order chi connectivity index (χ0) is 10.6. The van der Waals surface area contributed by atoms with E-state index in [0.29, 0.717) is 6.42 Å². The number of rotatable bonds is 4. The van der Waals surface area contributed by atoms with Crippen LogP contribution in [0.1, 0.15) is 25.7 Å². The number of hydrogen-bond donors (Lipinski definition) is 3. The number of hydrogen-bond acceptors (Lipinski definition) is 4. The van der Waals surface area contributed by atoms with Crippen LogP contribution in [0.25, 0.3) is 0 Å². The Balaban J connectivity index is 2.32. The first-order valence-electron chi connectivity index (χ1n) is 5.09. The first kappa shape index (κ1) is 11.4. The molecule has 1 saturated heterocycles. The number of piperidine rings is 1. The third-order valence-electron chi connectivity index (χ3n) is 2.67. The Morgan fingerprint density at radius 1 is 1.29 bits per heavy atom. The Bertz CT molecular complexity index is 192. The lowest BCUT2D eigenvalue weighted by Crippen LogP contribution is -2.49. The van der Waals surface area contributed by atoms with Crippen molar-refractivity contribution in [1.29, 1.82) is 0 Å². The Morgan fingerprint density at radius 3 is 2.36 bits per heavy atom. The van der Waals surface area contributed by atoms with Gasteiger partial charge in [0.2, 0.25) is 0 Å². The van der Waals surface area contributed by atoms with E-state index < -0.39 is 12.0 Å². The molecule has 14 heavy (non-hydrogen) atoms. The summed E-state index contributed by atoms with van der Waals surface area (Å²) in [4.78, 5) is 12.6. The maximum Gasteiger partial charge on any atom is 0.320 e. The van der Waals surface area contributed by atoms with Crippen LogP contribution in [-0.2, 0) is 4.79 Å². The van der Waals surface area contributed by atoms with Gasteiger partial charge in [-0.15, -0.1) is 0 Å². The lowest BCUT2D eigenvalue weighted by molar-refractivity contribution is -0.139. The average molecular weight is 201 g/mol. The van der Waals surface area contributed by atoms with E-state index in [9.17, 15) is 4.79 Å². The van der Waals surface area contributed by atoms with Gasteiger partial charge in [0.25, 0.3) is 0 Å². The van der Waals surface area contributed by atoms with E-state index in [4.69, 9.17) is 16.6 Å². The number of nitrogens with two attached hydrogens (primary N) is 2. The summed E-state index contributed by atoms with van der Waals surface area (Å²) in [6.07, 6.45) is 3.66. The first-order chi connectivity index (χ1) is 6.61. The molecule has 1 heterocycles. The fourth-order valence-corrected chi connectivity index (χ4v) is 1.76. The van der Waals surface area contributed by atoms with Gasteiger partial charge in [0.15, 0.2) is 0 Å². The molecule has 1 aliphatic rings. The van der Waals surface area contributed by atoms with E-state index in [2.05, 4.69) is 4.90 Å². The molecule has 1 rings (SSSR count). The second kappa shape index (κ2) is 5.29. The molecule has 0 spiro atoms. The lowest BCUT2D eigenvalue weighted by Gasteiger charge is -2.32. The predicted octanol–water partition coefficient (Wildman–Crippen LogP) is -0.441. The summed E-state index contributed by atoms with van der Waals surface area (Å²) in [5.41, 5.74) is 11.3. The van der Waals surface area contributed by atoms with Crippen LogP contribution in [0.4, 0.5) is 0 Å². The number of aliphatic carboxylic acids is 1. The Hall–Kier alpha value is -0.650. The van der Waals surface area contributed by atoms with Crippen LogP contribution >= 0.6 is 0 Å². The van der Waals surface area contributed by atoms with Gasteiger partial charge in [-0.05, 0) is 25.9 Å². The van der Waals surface area contributed by atoms with Crippen LogP contribution in [0.2, 0.25) is 0 Å². The molecule has 0 aromatic rings. The highest BCUT2D eigenvalue weighted by Crippen LogP contribution is 2.12. The maximum atomic E-state index is 10.5. The van der Waals surface area contributed by atoms with Gasteiger partial charge >= 0.3 is 5.97 Å². The summed E-state index contributed by atoms with van der Waals surface area (Å²) in [5, 5.41) is 8.63. The van der Waals surface area contributed by atoms with Crippen molar-refractivity contribution in [3.05, 3.63) is 0 Å². The molecule has 2 atom stereocenters. The Labute approximate surface area is 84.0 Å². The van der Waals surface area contributed by atoms with Crippen molar-refractivity contribution in [3.63, 3.8) is 0 Å². The second-order valence-electron chi connectivity index (χ2n) is 3.84. The normalized spacial score (nSPS) is 23.0. The van der Waals surface area contributed by atoms with Crippen molar-refractivity contribution >= 4 is 5.97 Å². The van der Waals surface area contributed by atoms with Crippen molar-refractivity contribution in [1.82, 2.24) is 4.90 Å². The van der Waals surface area contributed by atoms with Gasteiger partial charge in [-0.3, -0.25) is 9.69 Å². The van der Waals surface area contributed by atoms with Crippen molar-refractivity contribution in [2.75, 3.05) is 13.1 Å². The van der Waals surface area contributed by atoms with Crippen LogP contribution in [0.15, 0.2) is 0 Å². The minimum Gasteiger partial charge on any atom is -0.480 e. The van der Waals surface area contributed by atoms with Crippen LogP contribution < -0.4 is 11.5 Å². The van der Waals surface area contributed by atoms with Gasteiger partial charge in [0, 0.05) is 6.42 Å². The molecule has 5 N–H and O–H groups in total.